The lowest BCUT2D eigenvalue weighted by molar-refractivity contribution is 0.131. The highest BCUT2D eigenvalue weighted by molar-refractivity contribution is 9.11. The minimum atomic E-state index is -1.44. The molecule has 2 nitrogen and oxygen atoms in total. The van der Waals surface area contributed by atoms with E-state index < -0.39 is 5.60 Å². The van der Waals surface area contributed by atoms with E-state index >= 15 is 0 Å². The third-order valence-electron chi connectivity index (χ3n) is 8.58. The van der Waals surface area contributed by atoms with Gasteiger partial charge in [-0.05, 0) is 75.1 Å². The van der Waals surface area contributed by atoms with Crippen molar-refractivity contribution in [1.82, 2.24) is 0 Å². The van der Waals surface area contributed by atoms with Crippen LogP contribution in [0.3, 0.4) is 0 Å². The number of nitrogens with zero attached hydrogens (tertiary/aromatic N) is 1. The van der Waals surface area contributed by atoms with Crippen molar-refractivity contribution < 1.29 is 5.11 Å². The summed E-state index contributed by atoms with van der Waals surface area (Å²) in [7, 11) is 0. The summed E-state index contributed by atoms with van der Waals surface area (Å²) in [5.41, 5.74) is 6.19. The fourth-order valence-corrected chi connectivity index (χ4v) is 7.91. The SMILES string of the molecule is OC1(c2ccccc2N(c2ccccc2)c2ccccc2)c2cc(Br)c3ccccc3c2-c2c1cc(Br)c1ccccc21. The molecule has 1 aliphatic carbocycles. The standard InChI is InChI=1S/C39H25Br2NO/c40-34-23-32-37(29-19-9-7-17-27(29)34)38-30-20-10-8-18-28(30)35(41)24-33(38)39(32,43)31-21-11-12-22-36(31)42(25-13-3-1-4-14-25)26-15-5-2-6-16-26/h1-24,43H. The first-order valence-electron chi connectivity index (χ1n) is 14.2. The van der Waals surface area contributed by atoms with Crippen LogP contribution in [0.1, 0.15) is 16.7 Å². The lowest BCUT2D eigenvalue weighted by Crippen LogP contribution is -2.29. The smallest absolute Gasteiger partial charge is 0.143 e. The number of fused-ring (bicyclic) bond motifs is 7. The first-order valence-corrected chi connectivity index (χ1v) is 15.8. The highest BCUT2D eigenvalue weighted by Crippen LogP contribution is 2.59. The Morgan fingerprint density at radius 1 is 0.442 bits per heavy atom. The van der Waals surface area contributed by atoms with Crippen LogP contribution in [-0.4, -0.2) is 5.11 Å². The second-order valence-corrected chi connectivity index (χ2v) is 12.6. The van der Waals surface area contributed by atoms with Crippen LogP contribution < -0.4 is 4.90 Å². The fourth-order valence-electron chi connectivity index (χ4n) is 6.76. The quantitative estimate of drug-likeness (QED) is 0.200. The van der Waals surface area contributed by atoms with Gasteiger partial charge in [-0.3, -0.25) is 0 Å². The lowest BCUT2D eigenvalue weighted by Gasteiger charge is -2.34. The Kier molecular flexibility index (Phi) is 6.27. The van der Waals surface area contributed by atoms with E-state index in [0.717, 1.165) is 75.4 Å². The molecule has 43 heavy (non-hydrogen) atoms. The topological polar surface area (TPSA) is 23.5 Å². The number of hydrogen-bond donors (Lipinski definition) is 1. The second kappa shape index (κ2) is 10.2. The molecule has 8 rings (SSSR count). The molecule has 0 bridgehead atoms. The number of rotatable bonds is 4. The summed E-state index contributed by atoms with van der Waals surface area (Å²) in [5.74, 6) is 0. The Hall–Kier alpha value is -4.22. The molecule has 4 heteroatoms. The summed E-state index contributed by atoms with van der Waals surface area (Å²) in [6.07, 6.45) is 0. The van der Waals surface area contributed by atoms with Crippen molar-refractivity contribution in [1.29, 1.82) is 0 Å². The molecule has 1 N–H and O–H groups in total. The molecular formula is C39H25Br2NO. The monoisotopic (exact) mass is 681 g/mol. The molecule has 1 aliphatic rings. The minimum Gasteiger partial charge on any atom is -0.376 e. The van der Waals surface area contributed by atoms with E-state index in [9.17, 15) is 5.11 Å². The summed E-state index contributed by atoms with van der Waals surface area (Å²) >= 11 is 7.75. The molecule has 0 aromatic heterocycles. The molecule has 0 saturated heterocycles. The van der Waals surface area contributed by atoms with E-state index in [1.165, 1.54) is 0 Å². The summed E-state index contributed by atoms with van der Waals surface area (Å²) in [6, 6.07) is 50.1. The van der Waals surface area contributed by atoms with E-state index in [0.29, 0.717) is 0 Å². The molecule has 0 amide bonds. The van der Waals surface area contributed by atoms with Crippen LogP contribution in [0.25, 0.3) is 32.7 Å². The van der Waals surface area contributed by atoms with Crippen LogP contribution in [0.2, 0.25) is 0 Å². The van der Waals surface area contributed by atoms with Crippen LogP contribution in [-0.2, 0) is 5.60 Å². The van der Waals surface area contributed by atoms with Gasteiger partial charge in [-0.25, -0.2) is 0 Å². The predicted octanol–water partition coefficient (Wildman–Crippen LogP) is 11.3. The number of aliphatic hydroxyl groups is 1. The third-order valence-corrected chi connectivity index (χ3v) is 9.89. The summed E-state index contributed by atoms with van der Waals surface area (Å²) in [5, 5.41) is 17.9. The molecule has 0 saturated carbocycles. The van der Waals surface area contributed by atoms with Crippen LogP contribution in [0.5, 0.6) is 0 Å². The van der Waals surface area contributed by atoms with Crippen molar-refractivity contribution in [3.05, 3.63) is 171 Å². The molecule has 0 aliphatic heterocycles. The molecule has 0 radical (unpaired) electrons. The first kappa shape index (κ1) is 26.4. The maximum absolute atomic E-state index is 13.5. The van der Waals surface area contributed by atoms with Gasteiger partial charge in [-0.15, -0.1) is 0 Å². The van der Waals surface area contributed by atoms with Crippen molar-refractivity contribution in [3.8, 4) is 11.1 Å². The average Bonchev–Trinajstić information content (AvgIpc) is 3.31. The summed E-state index contributed by atoms with van der Waals surface area (Å²) in [6.45, 7) is 0. The zero-order chi connectivity index (χ0) is 29.1. The maximum Gasteiger partial charge on any atom is 0.143 e. The molecule has 206 valence electrons. The first-order chi connectivity index (χ1) is 21.1. The van der Waals surface area contributed by atoms with Gasteiger partial charge in [0, 0.05) is 37.0 Å². The maximum atomic E-state index is 13.5. The lowest BCUT2D eigenvalue weighted by atomic mass is 9.82. The van der Waals surface area contributed by atoms with Crippen LogP contribution in [0.15, 0.2) is 155 Å². The van der Waals surface area contributed by atoms with E-state index in [1.54, 1.807) is 0 Å². The zero-order valence-corrected chi connectivity index (χ0v) is 26.2. The molecule has 0 fully saturated rings. The van der Waals surface area contributed by atoms with Crippen LogP contribution >= 0.6 is 31.9 Å². The Balaban J connectivity index is 1.52. The van der Waals surface area contributed by atoms with Gasteiger partial charge in [-0.2, -0.15) is 0 Å². The molecule has 0 atom stereocenters. The molecule has 0 heterocycles. The Labute approximate surface area is 267 Å². The van der Waals surface area contributed by atoms with Crippen molar-refractivity contribution in [3.63, 3.8) is 0 Å². The summed E-state index contributed by atoms with van der Waals surface area (Å²) in [4.78, 5) is 2.23. The largest absolute Gasteiger partial charge is 0.376 e. The number of anilines is 3. The van der Waals surface area contributed by atoms with E-state index in [1.807, 2.05) is 24.3 Å². The van der Waals surface area contributed by atoms with E-state index in [-0.39, 0.29) is 0 Å². The van der Waals surface area contributed by atoms with Gasteiger partial charge < -0.3 is 10.0 Å². The van der Waals surface area contributed by atoms with Crippen molar-refractivity contribution >= 4 is 70.5 Å². The molecule has 0 unspecified atom stereocenters. The van der Waals surface area contributed by atoms with Gasteiger partial charge in [0.2, 0.25) is 0 Å². The van der Waals surface area contributed by atoms with Crippen molar-refractivity contribution in [2.45, 2.75) is 5.60 Å². The van der Waals surface area contributed by atoms with E-state index in [4.69, 9.17) is 0 Å². The van der Waals surface area contributed by atoms with E-state index in [2.05, 4.69) is 158 Å². The highest BCUT2D eigenvalue weighted by Gasteiger charge is 2.47. The Bertz CT molecular complexity index is 2050. The Morgan fingerprint density at radius 2 is 0.837 bits per heavy atom. The van der Waals surface area contributed by atoms with Gasteiger partial charge in [0.05, 0.1) is 5.69 Å². The van der Waals surface area contributed by atoms with Crippen molar-refractivity contribution in [2.75, 3.05) is 4.90 Å². The molecule has 7 aromatic rings. The van der Waals surface area contributed by atoms with Crippen LogP contribution in [0.4, 0.5) is 17.1 Å². The van der Waals surface area contributed by atoms with Gasteiger partial charge in [-0.1, -0.05) is 135 Å². The van der Waals surface area contributed by atoms with Gasteiger partial charge in [0.15, 0.2) is 0 Å². The molecule has 0 spiro atoms. The van der Waals surface area contributed by atoms with Gasteiger partial charge >= 0.3 is 0 Å². The second-order valence-electron chi connectivity index (χ2n) is 10.9. The molecule has 7 aromatic carbocycles. The van der Waals surface area contributed by atoms with Crippen molar-refractivity contribution in [2.24, 2.45) is 0 Å². The number of para-hydroxylation sites is 3. The van der Waals surface area contributed by atoms with Gasteiger partial charge in [0.1, 0.15) is 5.60 Å². The number of benzene rings is 7. The third kappa shape index (κ3) is 3.94. The number of halogens is 2. The van der Waals surface area contributed by atoms with Gasteiger partial charge in [0.25, 0.3) is 0 Å². The van der Waals surface area contributed by atoms with Crippen LogP contribution in [0, 0.1) is 0 Å². The predicted molar refractivity (Wildman–Crippen MR) is 186 cm³/mol. The average molecular weight is 683 g/mol. The molecular weight excluding hydrogens is 658 g/mol. The summed E-state index contributed by atoms with van der Waals surface area (Å²) < 4.78 is 1.91. The normalized spacial score (nSPS) is 13.2. The highest BCUT2D eigenvalue weighted by atomic mass is 79.9. The minimum absolute atomic E-state index is 0.812. The fraction of sp³-hybridized carbons (Fsp3) is 0.0256. The zero-order valence-electron chi connectivity index (χ0n) is 23.0. The Morgan fingerprint density at radius 3 is 1.33 bits per heavy atom. The number of hydrogen-bond acceptors (Lipinski definition) is 2.